The Kier molecular flexibility index (Phi) is 6.08. The lowest BCUT2D eigenvalue weighted by atomic mass is 9.88. The van der Waals surface area contributed by atoms with Crippen molar-refractivity contribution in [2.45, 2.75) is 18.8 Å². The number of para-hydroxylation sites is 1. The molecule has 1 atom stereocenters. The molecule has 0 aliphatic rings. The number of nitrogens with zero attached hydrogens (tertiary/aromatic N) is 1. The standard InChI is InChI=1S/C22H26N2O2/c1-24-16-20(19-10-6-7-11-21(19)24)18(14-17-8-4-3-5-9-17)15-22(25)23-12-13-26-2/h3-11,16,18H,12-15H2,1-2H3,(H,23,25). The van der Waals surface area contributed by atoms with Crippen LogP contribution in [0.2, 0.25) is 0 Å². The van der Waals surface area contributed by atoms with E-state index >= 15 is 0 Å². The quantitative estimate of drug-likeness (QED) is 0.630. The summed E-state index contributed by atoms with van der Waals surface area (Å²) in [5.41, 5.74) is 3.67. The van der Waals surface area contributed by atoms with E-state index in [4.69, 9.17) is 4.74 Å². The van der Waals surface area contributed by atoms with Crippen molar-refractivity contribution in [1.29, 1.82) is 0 Å². The molecule has 1 aromatic heterocycles. The summed E-state index contributed by atoms with van der Waals surface area (Å²) >= 11 is 0. The first-order chi connectivity index (χ1) is 12.7. The maximum atomic E-state index is 12.5. The first-order valence-corrected chi connectivity index (χ1v) is 9.02. The van der Waals surface area contributed by atoms with Crippen LogP contribution in [0, 0.1) is 0 Å². The smallest absolute Gasteiger partial charge is 0.220 e. The molecule has 0 fully saturated rings. The average molecular weight is 350 g/mol. The Morgan fingerprint density at radius 3 is 2.62 bits per heavy atom. The lowest BCUT2D eigenvalue weighted by Gasteiger charge is -2.17. The van der Waals surface area contributed by atoms with E-state index in [1.54, 1.807) is 7.11 Å². The number of hydrogen-bond acceptors (Lipinski definition) is 2. The van der Waals surface area contributed by atoms with Gasteiger partial charge in [0.2, 0.25) is 5.91 Å². The molecule has 4 heteroatoms. The Morgan fingerprint density at radius 1 is 1.12 bits per heavy atom. The number of rotatable bonds is 8. The van der Waals surface area contributed by atoms with Crippen LogP contribution in [0.25, 0.3) is 10.9 Å². The molecular formula is C22H26N2O2. The summed E-state index contributed by atoms with van der Waals surface area (Å²) in [4.78, 5) is 12.5. The van der Waals surface area contributed by atoms with Gasteiger partial charge in [-0.2, -0.15) is 0 Å². The summed E-state index contributed by atoms with van der Waals surface area (Å²) in [6.45, 7) is 1.08. The van der Waals surface area contributed by atoms with Crippen molar-refractivity contribution < 1.29 is 9.53 Å². The summed E-state index contributed by atoms with van der Waals surface area (Å²) in [5.74, 6) is 0.196. The lowest BCUT2D eigenvalue weighted by Crippen LogP contribution is -2.28. The maximum absolute atomic E-state index is 12.5. The number of carbonyl (C=O) groups excluding carboxylic acids is 1. The molecule has 1 amide bonds. The molecule has 0 saturated carbocycles. The van der Waals surface area contributed by atoms with Crippen LogP contribution >= 0.6 is 0 Å². The third-order valence-corrected chi connectivity index (χ3v) is 4.75. The Hall–Kier alpha value is -2.59. The van der Waals surface area contributed by atoms with Gasteiger partial charge in [0, 0.05) is 44.2 Å². The van der Waals surface area contributed by atoms with Crippen molar-refractivity contribution in [1.82, 2.24) is 9.88 Å². The van der Waals surface area contributed by atoms with Crippen LogP contribution in [-0.4, -0.2) is 30.7 Å². The number of ether oxygens (including phenoxy) is 1. The van der Waals surface area contributed by atoms with Gasteiger partial charge in [0.05, 0.1) is 6.61 Å². The van der Waals surface area contributed by atoms with Gasteiger partial charge in [-0.3, -0.25) is 4.79 Å². The van der Waals surface area contributed by atoms with E-state index in [2.05, 4.69) is 59.5 Å². The second-order valence-electron chi connectivity index (χ2n) is 6.65. The molecule has 26 heavy (non-hydrogen) atoms. The van der Waals surface area contributed by atoms with Crippen LogP contribution in [0.4, 0.5) is 0 Å². The Labute approximate surface area is 154 Å². The fraction of sp³-hybridized carbons (Fsp3) is 0.318. The van der Waals surface area contributed by atoms with E-state index in [9.17, 15) is 4.79 Å². The monoisotopic (exact) mass is 350 g/mol. The molecule has 4 nitrogen and oxygen atoms in total. The zero-order valence-electron chi connectivity index (χ0n) is 15.4. The zero-order valence-corrected chi connectivity index (χ0v) is 15.4. The minimum absolute atomic E-state index is 0.0657. The number of fused-ring (bicyclic) bond motifs is 1. The molecule has 0 spiro atoms. The number of nitrogens with one attached hydrogen (secondary N) is 1. The van der Waals surface area contributed by atoms with Gasteiger partial charge < -0.3 is 14.6 Å². The summed E-state index contributed by atoms with van der Waals surface area (Å²) in [6, 6.07) is 18.8. The van der Waals surface area contributed by atoms with E-state index in [0.29, 0.717) is 19.6 Å². The number of aryl methyl sites for hydroxylation is 1. The van der Waals surface area contributed by atoms with Crippen LogP contribution < -0.4 is 5.32 Å². The zero-order chi connectivity index (χ0) is 18.4. The highest BCUT2D eigenvalue weighted by molar-refractivity contribution is 5.86. The highest BCUT2D eigenvalue weighted by Crippen LogP contribution is 2.32. The molecule has 0 radical (unpaired) electrons. The Bertz CT molecular complexity index is 855. The lowest BCUT2D eigenvalue weighted by molar-refractivity contribution is -0.121. The highest BCUT2D eigenvalue weighted by atomic mass is 16.5. The van der Waals surface area contributed by atoms with E-state index in [-0.39, 0.29) is 11.8 Å². The van der Waals surface area contributed by atoms with Crippen LogP contribution in [0.3, 0.4) is 0 Å². The van der Waals surface area contributed by atoms with Crippen LogP contribution in [0.1, 0.15) is 23.5 Å². The fourth-order valence-electron chi connectivity index (χ4n) is 3.48. The summed E-state index contributed by atoms with van der Waals surface area (Å²) in [5, 5.41) is 4.18. The van der Waals surface area contributed by atoms with Gasteiger partial charge in [-0.1, -0.05) is 48.5 Å². The Balaban J connectivity index is 1.88. The number of aromatic nitrogens is 1. The predicted molar refractivity (Wildman–Crippen MR) is 105 cm³/mol. The maximum Gasteiger partial charge on any atom is 0.220 e. The van der Waals surface area contributed by atoms with Crippen molar-refractivity contribution in [3.05, 3.63) is 71.9 Å². The molecule has 1 heterocycles. The third kappa shape index (κ3) is 4.33. The second-order valence-corrected chi connectivity index (χ2v) is 6.65. The molecule has 0 saturated heterocycles. The first-order valence-electron chi connectivity index (χ1n) is 9.02. The van der Waals surface area contributed by atoms with Crippen LogP contribution in [0.5, 0.6) is 0 Å². The summed E-state index contributed by atoms with van der Waals surface area (Å²) in [6.07, 6.45) is 3.47. The molecule has 3 aromatic rings. The van der Waals surface area contributed by atoms with E-state index in [1.807, 2.05) is 18.2 Å². The van der Waals surface area contributed by atoms with Crippen molar-refractivity contribution in [2.24, 2.45) is 7.05 Å². The minimum Gasteiger partial charge on any atom is -0.383 e. The van der Waals surface area contributed by atoms with Crippen molar-refractivity contribution in [3.8, 4) is 0 Å². The topological polar surface area (TPSA) is 43.3 Å². The van der Waals surface area contributed by atoms with Gasteiger partial charge >= 0.3 is 0 Å². The number of amides is 1. The van der Waals surface area contributed by atoms with Crippen molar-refractivity contribution in [2.75, 3.05) is 20.3 Å². The van der Waals surface area contributed by atoms with Gasteiger partial charge in [-0.15, -0.1) is 0 Å². The largest absolute Gasteiger partial charge is 0.383 e. The molecule has 2 aromatic carbocycles. The molecular weight excluding hydrogens is 324 g/mol. The molecule has 0 aliphatic heterocycles. The highest BCUT2D eigenvalue weighted by Gasteiger charge is 2.20. The fourth-order valence-corrected chi connectivity index (χ4v) is 3.48. The molecule has 1 N–H and O–H groups in total. The summed E-state index contributed by atoms with van der Waals surface area (Å²) < 4.78 is 7.16. The SMILES string of the molecule is COCCNC(=O)CC(Cc1ccccc1)c1cn(C)c2ccccc12. The van der Waals surface area contributed by atoms with Gasteiger partial charge in [-0.05, 0) is 29.5 Å². The Morgan fingerprint density at radius 2 is 1.85 bits per heavy atom. The number of carbonyl (C=O) groups is 1. The van der Waals surface area contributed by atoms with Gasteiger partial charge in [0.1, 0.15) is 0 Å². The van der Waals surface area contributed by atoms with Crippen molar-refractivity contribution >= 4 is 16.8 Å². The molecule has 0 aliphatic carbocycles. The summed E-state index contributed by atoms with van der Waals surface area (Å²) in [7, 11) is 3.70. The van der Waals surface area contributed by atoms with Crippen LogP contribution in [-0.2, 0) is 23.0 Å². The van der Waals surface area contributed by atoms with Crippen molar-refractivity contribution in [3.63, 3.8) is 0 Å². The molecule has 0 bridgehead atoms. The molecule has 1 unspecified atom stereocenters. The van der Waals surface area contributed by atoms with Gasteiger partial charge in [0.25, 0.3) is 0 Å². The number of hydrogen-bond donors (Lipinski definition) is 1. The predicted octanol–water partition coefficient (Wildman–Crippen LogP) is 3.66. The van der Waals surface area contributed by atoms with E-state index in [1.165, 1.54) is 22.0 Å². The average Bonchev–Trinajstić information content (AvgIpc) is 2.99. The number of benzene rings is 2. The second kappa shape index (κ2) is 8.68. The van der Waals surface area contributed by atoms with Gasteiger partial charge in [-0.25, -0.2) is 0 Å². The molecule has 3 rings (SSSR count). The van der Waals surface area contributed by atoms with Gasteiger partial charge in [0.15, 0.2) is 0 Å². The normalized spacial score (nSPS) is 12.2. The number of methoxy groups -OCH3 is 1. The third-order valence-electron chi connectivity index (χ3n) is 4.75. The minimum atomic E-state index is 0.0657. The molecule has 136 valence electrons. The van der Waals surface area contributed by atoms with E-state index in [0.717, 1.165) is 6.42 Å². The van der Waals surface area contributed by atoms with E-state index < -0.39 is 0 Å². The van der Waals surface area contributed by atoms with Crippen LogP contribution in [0.15, 0.2) is 60.8 Å². The first kappa shape index (κ1) is 18.2.